The van der Waals surface area contributed by atoms with Gasteiger partial charge in [0.15, 0.2) is 5.13 Å². The Morgan fingerprint density at radius 1 is 1.36 bits per heavy atom. The van der Waals surface area contributed by atoms with E-state index < -0.39 is 6.10 Å². The van der Waals surface area contributed by atoms with Gasteiger partial charge >= 0.3 is 6.03 Å². The zero-order chi connectivity index (χ0) is 19.6. The normalized spacial score (nSPS) is 19.0. The number of benzene rings is 1. The Kier molecular flexibility index (Phi) is 5.32. The summed E-state index contributed by atoms with van der Waals surface area (Å²) in [7, 11) is 0. The molecule has 2 fully saturated rings. The maximum Gasteiger partial charge on any atom is 0.323 e. The summed E-state index contributed by atoms with van der Waals surface area (Å²) in [6.45, 7) is 1.78. The van der Waals surface area contributed by atoms with Crippen LogP contribution in [0.5, 0.6) is 0 Å². The largest absolute Gasteiger partial charge is 0.388 e. The summed E-state index contributed by atoms with van der Waals surface area (Å²) >= 11 is 1.37. The minimum Gasteiger partial charge on any atom is -0.388 e. The molecule has 3 N–H and O–H groups in total. The van der Waals surface area contributed by atoms with Crippen molar-refractivity contribution >= 4 is 28.4 Å². The highest BCUT2D eigenvalue weighted by Gasteiger charge is 2.49. The highest BCUT2D eigenvalue weighted by molar-refractivity contribution is 7.14. The van der Waals surface area contributed by atoms with Gasteiger partial charge in [-0.1, -0.05) is 30.3 Å². The van der Waals surface area contributed by atoms with Crippen LogP contribution in [0, 0.1) is 5.41 Å². The number of nitrogens with zero attached hydrogens (tertiary/aromatic N) is 2. The fourth-order valence-electron chi connectivity index (χ4n) is 3.51. The van der Waals surface area contributed by atoms with Crippen molar-refractivity contribution in [3.63, 3.8) is 0 Å². The van der Waals surface area contributed by atoms with Gasteiger partial charge < -0.3 is 15.7 Å². The van der Waals surface area contributed by atoms with E-state index in [1.54, 1.807) is 4.90 Å². The molecule has 0 bridgehead atoms. The lowest BCUT2D eigenvalue weighted by Crippen LogP contribution is -2.46. The van der Waals surface area contributed by atoms with Gasteiger partial charge in [0, 0.05) is 30.4 Å². The van der Waals surface area contributed by atoms with Gasteiger partial charge in [0.1, 0.15) is 0 Å². The minimum absolute atomic E-state index is 0.119. The monoisotopic (exact) mass is 400 g/mol. The molecule has 8 heteroatoms. The third-order valence-electron chi connectivity index (χ3n) is 5.42. The molecular weight excluding hydrogens is 376 g/mol. The van der Waals surface area contributed by atoms with Crippen LogP contribution in [0.25, 0.3) is 0 Å². The first-order chi connectivity index (χ1) is 13.6. The summed E-state index contributed by atoms with van der Waals surface area (Å²) < 4.78 is 0. The lowest BCUT2D eigenvalue weighted by atomic mass is 9.92. The highest BCUT2D eigenvalue weighted by Crippen LogP contribution is 2.54. The topological polar surface area (TPSA) is 94.6 Å². The van der Waals surface area contributed by atoms with Gasteiger partial charge in [-0.25, -0.2) is 9.78 Å². The second-order valence-corrected chi connectivity index (χ2v) is 8.32. The van der Waals surface area contributed by atoms with Crippen molar-refractivity contribution in [1.82, 2.24) is 15.6 Å². The summed E-state index contributed by atoms with van der Waals surface area (Å²) in [6.07, 6.45) is 2.27. The van der Waals surface area contributed by atoms with Gasteiger partial charge in [0.05, 0.1) is 18.2 Å². The number of nitrogens with one attached hydrogen (secondary N) is 2. The predicted octanol–water partition coefficient (Wildman–Crippen LogP) is 2.24. The highest BCUT2D eigenvalue weighted by atomic mass is 32.1. The maximum absolute atomic E-state index is 12.4. The van der Waals surface area contributed by atoms with Crippen molar-refractivity contribution in [3.05, 3.63) is 47.0 Å². The van der Waals surface area contributed by atoms with E-state index >= 15 is 0 Å². The molecule has 1 aromatic carbocycles. The molecule has 2 heterocycles. The lowest BCUT2D eigenvalue weighted by molar-refractivity contribution is -0.121. The van der Waals surface area contributed by atoms with Gasteiger partial charge in [-0.15, -0.1) is 11.3 Å². The first-order valence-electron chi connectivity index (χ1n) is 9.57. The van der Waals surface area contributed by atoms with Gasteiger partial charge in [0.2, 0.25) is 5.91 Å². The fourth-order valence-corrected chi connectivity index (χ4v) is 4.36. The number of aromatic nitrogens is 1. The van der Waals surface area contributed by atoms with E-state index in [4.69, 9.17) is 0 Å². The number of amides is 3. The zero-order valence-corrected chi connectivity index (χ0v) is 16.4. The molecule has 1 aromatic heterocycles. The van der Waals surface area contributed by atoms with Crippen LogP contribution in [0.3, 0.4) is 0 Å². The van der Waals surface area contributed by atoms with Crippen molar-refractivity contribution < 1.29 is 14.7 Å². The van der Waals surface area contributed by atoms with Crippen LogP contribution in [0.15, 0.2) is 35.7 Å². The van der Waals surface area contributed by atoms with E-state index in [0.29, 0.717) is 30.5 Å². The minimum atomic E-state index is -0.572. The maximum atomic E-state index is 12.4. The first kappa shape index (κ1) is 18.9. The Balaban J connectivity index is 1.31. The molecular formula is C20H24N4O3S. The van der Waals surface area contributed by atoms with Crippen LogP contribution in [0.4, 0.5) is 9.93 Å². The Morgan fingerprint density at radius 2 is 2.14 bits per heavy atom. The number of urea groups is 1. The van der Waals surface area contributed by atoms with Gasteiger partial charge in [-0.05, 0) is 24.8 Å². The number of hydrogen-bond donors (Lipinski definition) is 3. The number of aliphatic hydroxyl groups excluding tert-OH is 1. The van der Waals surface area contributed by atoms with E-state index in [2.05, 4.69) is 15.6 Å². The van der Waals surface area contributed by atoms with E-state index in [0.717, 1.165) is 24.8 Å². The quantitative estimate of drug-likeness (QED) is 0.664. The molecule has 1 unspecified atom stereocenters. The fraction of sp³-hybridized carbons (Fsp3) is 0.450. The Hall–Kier alpha value is -2.45. The summed E-state index contributed by atoms with van der Waals surface area (Å²) in [4.78, 5) is 30.3. The third-order valence-corrected chi connectivity index (χ3v) is 6.33. The Bertz CT molecular complexity index is 850. The van der Waals surface area contributed by atoms with E-state index in [1.807, 2.05) is 35.7 Å². The van der Waals surface area contributed by atoms with Crippen molar-refractivity contribution in [2.24, 2.45) is 5.41 Å². The number of hydrogen-bond acceptors (Lipinski definition) is 5. The summed E-state index contributed by atoms with van der Waals surface area (Å²) in [5.74, 6) is -0.119. The number of aliphatic hydroxyl groups is 1. The summed E-state index contributed by atoms with van der Waals surface area (Å²) in [6, 6.07) is 9.45. The number of anilines is 1. The second-order valence-electron chi connectivity index (χ2n) is 7.49. The van der Waals surface area contributed by atoms with E-state index in [-0.39, 0.29) is 23.8 Å². The number of carbonyl (C=O) groups excluding carboxylic acids is 2. The average molecular weight is 401 g/mol. The predicted molar refractivity (Wildman–Crippen MR) is 107 cm³/mol. The van der Waals surface area contributed by atoms with Crippen LogP contribution < -0.4 is 15.5 Å². The molecule has 148 valence electrons. The number of thiazole rings is 1. The Morgan fingerprint density at radius 3 is 2.86 bits per heavy atom. The van der Waals surface area contributed by atoms with Gasteiger partial charge in [-0.2, -0.15) is 0 Å². The molecule has 1 saturated heterocycles. The smallest absolute Gasteiger partial charge is 0.323 e. The Labute approximate surface area is 167 Å². The van der Waals surface area contributed by atoms with Crippen molar-refractivity contribution in [2.45, 2.75) is 31.8 Å². The van der Waals surface area contributed by atoms with E-state index in [9.17, 15) is 14.7 Å². The molecule has 0 radical (unpaired) electrons. The first-order valence-corrected chi connectivity index (χ1v) is 10.4. The van der Waals surface area contributed by atoms with Crippen LogP contribution in [0.2, 0.25) is 0 Å². The average Bonchev–Trinajstić information content (AvgIpc) is 3.38. The third kappa shape index (κ3) is 4.02. The molecule has 3 amide bonds. The molecule has 1 atom stereocenters. The van der Waals surface area contributed by atoms with Crippen molar-refractivity contribution in [3.8, 4) is 0 Å². The zero-order valence-electron chi connectivity index (χ0n) is 15.6. The van der Waals surface area contributed by atoms with Crippen LogP contribution in [-0.2, 0) is 11.2 Å². The van der Waals surface area contributed by atoms with E-state index in [1.165, 1.54) is 11.3 Å². The molecule has 1 aliphatic heterocycles. The molecule has 7 nitrogen and oxygen atoms in total. The molecule has 2 aromatic rings. The number of rotatable bonds is 7. The van der Waals surface area contributed by atoms with Crippen LogP contribution >= 0.6 is 11.3 Å². The van der Waals surface area contributed by atoms with Gasteiger partial charge in [0.25, 0.3) is 0 Å². The van der Waals surface area contributed by atoms with Crippen molar-refractivity contribution in [2.75, 3.05) is 24.5 Å². The molecule has 4 rings (SSSR count). The van der Waals surface area contributed by atoms with Crippen molar-refractivity contribution in [1.29, 1.82) is 0 Å². The molecule has 2 aliphatic rings. The molecule has 1 aliphatic carbocycles. The summed E-state index contributed by atoms with van der Waals surface area (Å²) in [5.41, 5.74) is 1.28. The standard InChI is InChI=1S/C20H24N4O3S/c25-16(11-15-12-28-19(23-15)24-10-4-9-21-18(24)27)22-13-20(7-8-20)17(26)14-5-2-1-3-6-14/h1-3,5-6,12,17,26H,4,7-11,13H2,(H,21,27)(H,22,25). The molecule has 28 heavy (non-hydrogen) atoms. The molecule has 1 saturated carbocycles. The number of carbonyl (C=O) groups is 2. The van der Waals surface area contributed by atoms with Gasteiger partial charge in [-0.3, -0.25) is 9.69 Å². The van der Waals surface area contributed by atoms with Crippen LogP contribution in [0.1, 0.15) is 36.6 Å². The molecule has 0 spiro atoms. The lowest BCUT2D eigenvalue weighted by Gasteiger charge is -2.24. The van der Waals surface area contributed by atoms with Crippen LogP contribution in [-0.4, -0.2) is 41.7 Å². The SMILES string of the molecule is O=C(Cc1csc(N2CCCNC2=O)n1)NCC1(C(O)c2ccccc2)CC1. The second kappa shape index (κ2) is 7.89. The summed E-state index contributed by atoms with van der Waals surface area (Å²) in [5, 5.41) is 18.9.